The second-order valence-electron chi connectivity index (χ2n) is 2.03. The van der Waals surface area contributed by atoms with Gasteiger partial charge in [-0.3, -0.25) is 4.79 Å². The number of carboxylic acids is 1. The van der Waals surface area contributed by atoms with Crippen molar-refractivity contribution in [3.8, 4) is 0 Å². The van der Waals surface area contributed by atoms with E-state index in [0.717, 1.165) is 6.08 Å². The van der Waals surface area contributed by atoms with Gasteiger partial charge in [-0.15, -0.1) is 0 Å². The summed E-state index contributed by atoms with van der Waals surface area (Å²) in [6.45, 7) is 3.20. The van der Waals surface area contributed by atoms with Crippen LogP contribution in [-0.2, 0) is 14.3 Å². The Morgan fingerprint density at radius 2 is 2.27 bits per heavy atom. The van der Waals surface area contributed by atoms with Crippen LogP contribution in [0.15, 0.2) is 12.7 Å². The molecule has 0 spiro atoms. The molecule has 0 aromatic rings. The smallest absolute Gasteiger partial charge is 0.337 e. The molecular weight excluding hydrogens is 150 g/mol. The van der Waals surface area contributed by atoms with Crippen LogP contribution in [-0.4, -0.2) is 29.3 Å². The first-order valence-corrected chi connectivity index (χ1v) is 2.96. The Morgan fingerprint density at radius 1 is 1.64 bits per heavy atom. The lowest BCUT2D eigenvalue weighted by molar-refractivity contribution is -0.138. The van der Waals surface area contributed by atoms with E-state index in [1.54, 1.807) is 0 Å². The molecule has 0 aromatic heterocycles. The lowest BCUT2D eigenvalue weighted by atomic mass is 10.4. The summed E-state index contributed by atoms with van der Waals surface area (Å²) < 4.78 is 4.57. The summed E-state index contributed by atoms with van der Waals surface area (Å²) >= 11 is 0. The van der Waals surface area contributed by atoms with E-state index < -0.39 is 24.2 Å². The van der Waals surface area contributed by atoms with Crippen LogP contribution in [0.2, 0.25) is 0 Å². The second kappa shape index (κ2) is 2.71. The summed E-state index contributed by atoms with van der Waals surface area (Å²) in [5.74, 6) is -1.50. The van der Waals surface area contributed by atoms with Crippen molar-refractivity contribution in [2.45, 2.75) is 12.3 Å². The van der Waals surface area contributed by atoms with Crippen molar-refractivity contribution in [2.75, 3.05) is 0 Å². The van der Waals surface area contributed by atoms with Gasteiger partial charge in [0.05, 0.1) is 0 Å². The molecule has 11 heavy (non-hydrogen) atoms. The predicted molar refractivity (Wildman–Crippen MR) is 34.6 cm³/mol. The Morgan fingerprint density at radius 3 is 2.64 bits per heavy atom. The molecule has 1 fully saturated rings. The van der Waals surface area contributed by atoms with Crippen LogP contribution in [0, 0.1) is 0 Å². The number of ether oxygens (including phenoxy) is 1. The molecule has 1 heterocycles. The topological polar surface area (TPSA) is 78.9 Å². The van der Waals surface area contributed by atoms with Gasteiger partial charge in [0.2, 0.25) is 12.0 Å². The summed E-state index contributed by atoms with van der Waals surface area (Å²) in [6, 6.07) is 0. The zero-order chi connectivity index (χ0) is 8.43. The summed E-state index contributed by atoms with van der Waals surface area (Å²) in [5, 5.41) is 10.6. The number of aliphatic carboxylic acids is 1. The van der Waals surface area contributed by atoms with E-state index in [4.69, 9.17) is 5.11 Å². The fraction of sp³-hybridized carbons (Fsp3) is 0.333. The average Bonchev–Trinajstić information content (AvgIpc) is 2.67. The van der Waals surface area contributed by atoms with E-state index >= 15 is 0 Å². The quantitative estimate of drug-likeness (QED) is 0.411. The third kappa shape index (κ3) is 1.78. The van der Waals surface area contributed by atoms with Crippen LogP contribution in [0.3, 0.4) is 0 Å². The minimum Gasteiger partial charge on any atom is -0.479 e. The van der Waals surface area contributed by atoms with Crippen molar-refractivity contribution in [3.63, 3.8) is 0 Å². The number of carbonyl (C=O) groups is 2. The van der Waals surface area contributed by atoms with E-state index in [2.05, 4.69) is 16.6 Å². The highest BCUT2D eigenvalue weighted by molar-refractivity contribution is 5.88. The van der Waals surface area contributed by atoms with Crippen molar-refractivity contribution in [1.29, 1.82) is 0 Å². The molecule has 0 aliphatic carbocycles. The molecule has 0 radical (unpaired) electrons. The van der Waals surface area contributed by atoms with Gasteiger partial charge in [-0.05, 0) is 6.08 Å². The number of epoxide rings is 1. The van der Waals surface area contributed by atoms with E-state index in [1.165, 1.54) is 0 Å². The van der Waals surface area contributed by atoms with Crippen molar-refractivity contribution < 1.29 is 19.4 Å². The highest BCUT2D eigenvalue weighted by Crippen LogP contribution is 2.18. The molecule has 2 atom stereocenters. The first-order chi connectivity index (χ1) is 5.15. The monoisotopic (exact) mass is 157 g/mol. The number of hydrogen-bond donors (Lipinski definition) is 2. The second-order valence-corrected chi connectivity index (χ2v) is 2.03. The van der Waals surface area contributed by atoms with Gasteiger partial charge in [-0.25, -0.2) is 4.79 Å². The van der Waals surface area contributed by atoms with Gasteiger partial charge in [0, 0.05) is 0 Å². The maximum absolute atomic E-state index is 10.5. The van der Waals surface area contributed by atoms with Gasteiger partial charge in [0.1, 0.15) is 0 Å². The Labute approximate surface area is 62.6 Å². The zero-order valence-corrected chi connectivity index (χ0v) is 5.61. The first kappa shape index (κ1) is 7.74. The third-order valence-corrected chi connectivity index (χ3v) is 1.20. The number of hydrogen-bond acceptors (Lipinski definition) is 3. The molecular formula is C6H7NO4. The number of amides is 1. The predicted octanol–water partition coefficient (Wildman–Crippen LogP) is -0.902. The molecule has 1 aliphatic heterocycles. The van der Waals surface area contributed by atoms with Gasteiger partial charge in [0.15, 0.2) is 6.23 Å². The SMILES string of the molecule is C=CC(=O)NC1OC1C(=O)O. The van der Waals surface area contributed by atoms with E-state index in [-0.39, 0.29) is 0 Å². The molecule has 0 saturated carbocycles. The van der Waals surface area contributed by atoms with Crippen LogP contribution < -0.4 is 5.32 Å². The van der Waals surface area contributed by atoms with Gasteiger partial charge >= 0.3 is 5.97 Å². The Balaban J connectivity index is 2.28. The van der Waals surface area contributed by atoms with Crippen molar-refractivity contribution >= 4 is 11.9 Å². The molecule has 1 aliphatic rings. The van der Waals surface area contributed by atoms with Gasteiger partial charge in [0.25, 0.3) is 0 Å². The number of nitrogens with one attached hydrogen (secondary N) is 1. The fourth-order valence-electron chi connectivity index (χ4n) is 0.609. The normalized spacial score (nSPS) is 27.3. The van der Waals surface area contributed by atoms with Gasteiger partial charge in [-0.1, -0.05) is 6.58 Å². The van der Waals surface area contributed by atoms with E-state index in [9.17, 15) is 9.59 Å². The lowest BCUT2D eigenvalue weighted by Gasteiger charge is -1.92. The fourth-order valence-corrected chi connectivity index (χ4v) is 0.609. The van der Waals surface area contributed by atoms with E-state index in [1.807, 2.05) is 0 Å². The van der Waals surface area contributed by atoms with Crippen molar-refractivity contribution in [3.05, 3.63) is 12.7 Å². The molecule has 1 rings (SSSR count). The maximum Gasteiger partial charge on any atom is 0.337 e. The highest BCUT2D eigenvalue weighted by atomic mass is 16.6. The highest BCUT2D eigenvalue weighted by Gasteiger charge is 2.46. The Kier molecular flexibility index (Phi) is 1.91. The van der Waals surface area contributed by atoms with Crippen molar-refractivity contribution in [2.24, 2.45) is 0 Å². The largest absolute Gasteiger partial charge is 0.479 e. The first-order valence-electron chi connectivity index (χ1n) is 2.96. The number of carboxylic acid groups (broad SMARTS) is 1. The van der Waals surface area contributed by atoms with Crippen LogP contribution in [0.1, 0.15) is 0 Å². The molecule has 0 aromatic carbocycles. The minimum absolute atomic E-state index is 0.432. The Bertz CT molecular complexity index is 213. The average molecular weight is 157 g/mol. The summed E-state index contributed by atoms with van der Waals surface area (Å²) in [5.41, 5.74) is 0. The summed E-state index contributed by atoms with van der Waals surface area (Å²) in [4.78, 5) is 20.7. The maximum atomic E-state index is 10.5. The molecule has 2 N–H and O–H groups in total. The number of rotatable bonds is 3. The van der Waals surface area contributed by atoms with Crippen molar-refractivity contribution in [1.82, 2.24) is 5.32 Å². The van der Waals surface area contributed by atoms with Crippen LogP contribution in [0.5, 0.6) is 0 Å². The molecule has 60 valence electrons. The summed E-state index contributed by atoms with van der Waals surface area (Å²) in [7, 11) is 0. The molecule has 0 bridgehead atoms. The number of carbonyl (C=O) groups excluding carboxylic acids is 1. The Hall–Kier alpha value is -1.36. The van der Waals surface area contributed by atoms with E-state index in [0.29, 0.717) is 0 Å². The zero-order valence-electron chi connectivity index (χ0n) is 5.61. The molecule has 5 nitrogen and oxygen atoms in total. The molecule has 2 unspecified atom stereocenters. The van der Waals surface area contributed by atoms with Crippen LogP contribution in [0.25, 0.3) is 0 Å². The summed E-state index contributed by atoms with van der Waals surface area (Å²) in [6.07, 6.45) is -0.516. The lowest BCUT2D eigenvalue weighted by Crippen LogP contribution is -2.27. The van der Waals surface area contributed by atoms with Crippen LogP contribution in [0.4, 0.5) is 0 Å². The minimum atomic E-state index is -1.07. The van der Waals surface area contributed by atoms with Gasteiger partial charge in [-0.2, -0.15) is 0 Å². The molecule has 1 amide bonds. The van der Waals surface area contributed by atoms with Crippen LogP contribution >= 0.6 is 0 Å². The molecule has 5 heteroatoms. The molecule has 1 saturated heterocycles. The van der Waals surface area contributed by atoms with Gasteiger partial charge < -0.3 is 15.2 Å². The standard InChI is InChI=1S/C6H7NO4/c1-2-3(8)7-5-4(11-5)6(9)10/h2,4-5H,1H2,(H,7,8)(H,9,10). The third-order valence-electron chi connectivity index (χ3n) is 1.20.